The zero-order valence-corrected chi connectivity index (χ0v) is 13.5. The lowest BCUT2D eigenvalue weighted by Crippen LogP contribution is -2.24. The first kappa shape index (κ1) is 11.9. The lowest BCUT2D eigenvalue weighted by atomic mass is 9.97. The Kier molecular flexibility index (Phi) is 3.18. The van der Waals surface area contributed by atoms with E-state index < -0.39 is 6.50 Å². The van der Waals surface area contributed by atoms with Gasteiger partial charge < -0.3 is 4.90 Å². The highest BCUT2D eigenvalue weighted by Crippen LogP contribution is 2.28. The molecular formula is C17H17BrN2O. The van der Waals surface area contributed by atoms with Crippen LogP contribution in [0.4, 0.5) is 0 Å². The molecule has 0 aliphatic carbocycles. The Morgan fingerprint density at radius 1 is 1.43 bits per heavy atom. The monoisotopic (exact) mass is 346 g/mol. The molecule has 0 unspecified atom stereocenters. The molecule has 3 nitrogen and oxygen atoms in total. The predicted molar refractivity (Wildman–Crippen MR) is 86.0 cm³/mol. The third-order valence-electron chi connectivity index (χ3n) is 3.58. The van der Waals surface area contributed by atoms with Crippen molar-refractivity contribution in [3.63, 3.8) is 0 Å². The molecule has 0 N–H and O–H groups in total. The summed E-state index contributed by atoms with van der Waals surface area (Å²) in [7, 11) is 0. The second kappa shape index (κ2) is 5.60. The van der Waals surface area contributed by atoms with Crippen LogP contribution in [0, 0.1) is 0 Å². The van der Waals surface area contributed by atoms with E-state index >= 15 is 0 Å². The number of rotatable bonds is 3. The first-order valence-corrected chi connectivity index (χ1v) is 7.67. The molecule has 0 spiro atoms. The number of carbonyl (C=O) groups is 1. The van der Waals surface area contributed by atoms with Crippen LogP contribution in [0.2, 0.25) is 0 Å². The van der Waals surface area contributed by atoms with E-state index in [0.717, 1.165) is 15.6 Å². The molecule has 21 heavy (non-hydrogen) atoms. The van der Waals surface area contributed by atoms with E-state index in [1.54, 1.807) is 12.1 Å². The normalized spacial score (nSPS) is 17.7. The SMILES string of the molecule is [2H]C1([2H])c2ncccc2C(=O)N1Cc1ccc(Br)cc1C(C)C. The largest absolute Gasteiger partial charge is 0.328 e. The van der Waals surface area contributed by atoms with E-state index in [0.29, 0.717) is 5.56 Å². The highest BCUT2D eigenvalue weighted by Gasteiger charge is 2.28. The zero-order valence-electron chi connectivity index (χ0n) is 13.9. The van der Waals surface area contributed by atoms with Crippen molar-refractivity contribution in [2.24, 2.45) is 0 Å². The smallest absolute Gasteiger partial charge is 0.256 e. The van der Waals surface area contributed by atoms with Crippen LogP contribution in [-0.4, -0.2) is 15.8 Å². The molecule has 2 aromatic rings. The number of nitrogens with zero attached hydrogens (tertiary/aromatic N) is 2. The van der Waals surface area contributed by atoms with Gasteiger partial charge >= 0.3 is 0 Å². The van der Waals surface area contributed by atoms with Gasteiger partial charge in [-0.05, 0) is 41.3 Å². The third kappa shape index (κ3) is 2.72. The van der Waals surface area contributed by atoms with Crippen molar-refractivity contribution in [1.82, 2.24) is 9.88 Å². The number of pyridine rings is 1. The Morgan fingerprint density at radius 2 is 2.24 bits per heavy atom. The molecule has 1 amide bonds. The maximum absolute atomic E-state index is 12.6. The molecule has 0 radical (unpaired) electrons. The van der Waals surface area contributed by atoms with Gasteiger partial charge in [0.25, 0.3) is 5.91 Å². The van der Waals surface area contributed by atoms with Gasteiger partial charge in [-0.2, -0.15) is 0 Å². The summed E-state index contributed by atoms with van der Waals surface area (Å²) >= 11 is 3.47. The summed E-state index contributed by atoms with van der Waals surface area (Å²) in [6, 6.07) is 9.19. The summed E-state index contributed by atoms with van der Waals surface area (Å²) in [6.45, 7) is 2.50. The first-order chi connectivity index (χ1) is 10.8. The van der Waals surface area contributed by atoms with Crippen molar-refractivity contribution in [3.05, 3.63) is 63.4 Å². The number of fused-ring (bicyclic) bond motifs is 1. The molecule has 1 aromatic carbocycles. The van der Waals surface area contributed by atoms with Crippen LogP contribution in [0.5, 0.6) is 0 Å². The van der Waals surface area contributed by atoms with Crippen molar-refractivity contribution < 1.29 is 7.54 Å². The zero-order chi connectivity index (χ0) is 16.8. The van der Waals surface area contributed by atoms with Gasteiger partial charge in [0.15, 0.2) is 0 Å². The van der Waals surface area contributed by atoms with Gasteiger partial charge in [-0.15, -0.1) is 0 Å². The first-order valence-electron chi connectivity index (χ1n) is 7.88. The second-order valence-electron chi connectivity index (χ2n) is 5.40. The van der Waals surface area contributed by atoms with E-state index in [-0.39, 0.29) is 24.1 Å². The number of benzene rings is 1. The molecule has 0 bridgehead atoms. The van der Waals surface area contributed by atoms with Crippen LogP contribution in [0.25, 0.3) is 0 Å². The van der Waals surface area contributed by atoms with Crippen LogP contribution >= 0.6 is 15.9 Å². The maximum Gasteiger partial charge on any atom is 0.256 e. The maximum atomic E-state index is 12.6. The number of amides is 1. The number of hydrogen-bond acceptors (Lipinski definition) is 2. The van der Waals surface area contributed by atoms with Crippen molar-refractivity contribution in [2.45, 2.75) is 32.8 Å². The average molecular weight is 347 g/mol. The molecule has 0 fully saturated rings. The summed E-state index contributed by atoms with van der Waals surface area (Å²) in [5, 5.41) is 0. The van der Waals surface area contributed by atoms with Gasteiger partial charge in [0, 0.05) is 17.2 Å². The van der Waals surface area contributed by atoms with E-state index in [9.17, 15) is 4.79 Å². The summed E-state index contributed by atoms with van der Waals surface area (Å²) in [4.78, 5) is 17.9. The summed E-state index contributed by atoms with van der Waals surface area (Å²) in [6.07, 6.45) is 1.52. The third-order valence-corrected chi connectivity index (χ3v) is 4.08. The fourth-order valence-corrected chi connectivity index (χ4v) is 2.90. The number of halogens is 1. The van der Waals surface area contributed by atoms with Crippen LogP contribution in [0.1, 0.15) is 49.7 Å². The van der Waals surface area contributed by atoms with E-state index in [1.165, 1.54) is 11.1 Å². The minimum Gasteiger partial charge on any atom is -0.328 e. The van der Waals surface area contributed by atoms with Gasteiger partial charge in [-0.25, -0.2) is 0 Å². The minimum atomic E-state index is -1.89. The summed E-state index contributed by atoms with van der Waals surface area (Å²) in [5.41, 5.74) is 2.61. The standard InChI is InChI=1S/C17H17BrN2O/c1-11(2)15-8-13(18)6-5-12(15)9-20-10-16-14(17(20)21)4-3-7-19-16/h3-8,11H,9-10H2,1-2H3/i10D2. The number of carbonyl (C=O) groups excluding carboxylic acids is 1. The van der Waals surface area contributed by atoms with E-state index in [1.807, 2.05) is 18.2 Å². The number of aromatic nitrogens is 1. The Bertz CT molecular complexity index is 777. The van der Waals surface area contributed by atoms with Gasteiger partial charge in [-0.1, -0.05) is 35.8 Å². The Hall–Kier alpha value is -1.68. The van der Waals surface area contributed by atoms with Crippen molar-refractivity contribution in [2.75, 3.05) is 0 Å². The second-order valence-corrected chi connectivity index (χ2v) is 6.32. The van der Waals surface area contributed by atoms with E-state index in [4.69, 9.17) is 2.74 Å². The topological polar surface area (TPSA) is 33.2 Å². The lowest BCUT2D eigenvalue weighted by Gasteiger charge is -2.20. The van der Waals surface area contributed by atoms with E-state index in [2.05, 4.69) is 34.8 Å². The molecule has 0 saturated heterocycles. The average Bonchev–Trinajstić information content (AvgIpc) is 2.70. The van der Waals surface area contributed by atoms with Crippen LogP contribution in [0.15, 0.2) is 41.0 Å². The fourth-order valence-electron chi connectivity index (χ4n) is 2.52. The fraction of sp³-hybridized carbons (Fsp3) is 0.294. The molecule has 1 aromatic heterocycles. The summed E-state index contributed by atoms with van der Waals surface area (Å²) < 4.78 is 17.6. The molecule has 0 atom stereocenters. The highest BCUT2D eigenvalue weighted by atomic mass is 79.9. The van der Waals surface area contributed by atoms with Crippen LogP contribution < -0.4 is 0 Å². The Labute approximate surface area is 135 Å². The van der Waals surface area contributed by atoms with Crippen LogP contribution in [-0.2, 0) is 13.0 Å². The van der Waals surface area contributed by atoms with Crippen molar-refractivity contribution >= 4 is 21.8 Å². The van der Waals surface area contributed by atoms with Gasteiger partial charge in [0.2, 0.25) is 0 Å². The molecule has 4 heteroatoms. The van der Waals surface area contributed by atoms with Crippen molar-refractivity contribution in [3.8, 4) is 0 Å². The van der Waals surface area contributed by atoms with Gasteiger partial charge in [-0.3, -0.25) is 9.78 Å². The quantitative estimate of drug-likeness (QED) is 0.837. The highest BCUT2D eigenvalue weighted by molar-refractivity contribution is 9.10. The van der Waals surface area contributed by atoms with Crippen LogP contribution in [0.3, 0.4) is 0 Å². The molecule has 1 aliphatic heterocycles. The summed E-state index contributed by atoms with van der Waals surface area (Å²) in [5.74, 6) is -0.0257. The molecule has 108 valence electrons. The molecule has 2 heterocycles. The Balaban J connectivity index is 2.01. The minimum absolute atomic E-state index is 0.202. The number of hydrogen-bond donors (Lipinski definition) is 0. The predicted octanol–water partition coefficient (Wildman–Crippen LogP) is 4.12. The lowest BCUT2D eigenvalue weighted by molar-refractivity contribution is 0.0766. The van der Waals surface area contributed by atoms with Gasteiger partial charge in [0.1, 0.15) is 0 Å². The van der Waals surface area contributed by atoms with Gasteiger partial charge in [0.05, 0.1) is 20.5 Å². The molecule has 3 rings (SSSR count). The molecule has 1 aliphatic rings. The Morgan fingerprint density at radius 3 is 2.95 bits per heavy atom. The molecule has 0 saturated carbocycles. The van der Waals surface area contributed by atoms with Crippen molar-refractivity contribution in [1.29, 1.82) is 0 Å². The molecular weight excluding hydrogens is 328 g/mol.